The van der Waals surface area contributed by atoms with E-state index in [1.54, 1.807) is 6.07 Å². The van der Waals surface area contributed by atoms with Gasteiger partial charge in [0.05, 0.1) is 6.04 Å². The topological polar surface area (TPSA) is 66.9 Å². The lowest BCUT2D eigenvalue weighted by Crippen LogP contribution is -2.56. The number of ether oxygens (including phenoxy) is 2. The van der Waals surface area contributed by atoms with E-state index in [1.165, 1.54) is 12.3 Å². The molecule has 2 aromatic rings. The van der Waals surface area contributed by atoms with E-state index in [-0.39, 0.29) is 24.9 Å². The molecule has 2 aliphatic rings. The quantitative estimate of drug-likeness (QED) is 0.822. The van der Waals surface area contributed by atoms with Gasteiger partial charge in [-0.2, -0.15) is 4.39 Å². The van der Waals surface area contributed by atoms with E-state index in [9.17, 15) is 9.18 Å². The summed E-state index contributed by atoms with van der Waals surface area (Å²) in [5, 5.41) is 3.05. The Morgan fingerprint density at radius 2 is 2.18 bits per heavy atom. The first-order chi connectivity index (χ1) is 13.5. The molecular formula is C20H23FN4O3. The van der Waals surface area contributed by atoms with Crippen molar-refractivity contribution in [1.82, 2.24) is 15.2 Å². The summed E-state index contributed by atoms with van der Waals surface area (Å²) in [7, 11) is 0. The summed E-state index contributed by atoms with van der Waals surface area (Å²) in [6, 6.07) is 8.51. The lowest BCUT2D eigenvalue weighted by atomic mass is 10.1. The van der Waals surface area contributed by atoms with Gasteiger partial charge in [0.2, 0.25) is 12.7 Å². The summed E-state index contributed by atoms with van der Waals surface area (Å²) in [5.41, 5.74) is 1.67. The number of piperazine rings is 1. The molecule has 7 nitrogen and oxygen atoms in total. The van der Waals surface area contributed by atoms with Crippen LogP contribution in [0.2, 0.25) is 0 Å². The van der Waals surface area contributed by atoms with Crippen molar-refractivity contribution in [3.8, 4) is 11.5 Å². The first-order valence-corrected chi connectivity index (χ1v) is 9.35. The smallest absolute Gasteiger partial charge is 0.318 e. The van der Waals surface area contributed by atoms with E-state index in [2.05, 4.69) is 15.2 Å². The van der Waals surface area contributed by atoms with Crippen molar-refractivity contribution < 1.29 is 18.7 Å². The van der Waals surface area contributed by atoms with Crippen LogP contribution in [0.5, 0.6) is 11.5 Å². The molecule has 1 N–H and O–H groups in total. The predicted octanol–water partition coefficient (Wildman–Crippen LogP) is 2.93. The van der Waals surface area contributed by atoms with Crippen molar-refractivity contribution in [3.05, 3.63) is 48.0 Å². The second-order valence-corrected chi connectivity index (χ2v) is 7.08. The first-order valence-electron chi connectivity index (χ1n) is 9.35. The SMILES string of the molecule is CC1CN(c2ccnc(F)c2)CCN1C(=O)N[C@H](C)c1cccc2c1OCO2. The van der Waals surface area contributed by atoms with Crippen LogP contribution >= 0.6 is 0 Å². The van der Waals surface area contributed by atoms with E-state index in [0.29, 0.717) is 31.1 Å². The van der Waals surface area contributed by atoms with Crippen molar-refractivity contribution in [2.45, 2.75) is 25.9 Å². The van der Waals surface area contributed by atoms with Crippen LogP contribution in [0.15, 0.2) is 36.5 Å². The molecule has 0 spiro atoms. The third-order valence-corrected chi connectivity index (χ3v) is 5.20. The largest absolute Gasteiger partial charge is 0.454 e. The molecule has 1 aromatic heterocycles. The maximum Gasteiger partial charge on any atom is 0.318 e. The van der Waals surface area contributed by atoms with Crippen LogP contribution < -0.4 is 19.7 Å². The molecule has 2 aliphatic heterocycles. The highest BCUT2D eigenvalue weighted by atomic mass is 19.1. The summed E-state index contributed by atoms with van der Waals surface area (Å²) >= 11 is 0. The number of rotatable bonds is 3. The molecule has 0 bridgehead atoms. The van der Waals surface area contributed by atoms with Gasteiger partial charge in [0.25, 0.3) is 0 Å². The van der Waals surface area contributed by atoms with Crippen LogP contribution in [0.25, 0.3) is 0 Å². The fourth-order valence-corrected chi connectivity index (χ4v) is 3.72. The Morgan fingerprint density at radius 3 is 2.96 bits per heavy atom. The zero-order valence-electron chi connectivity index (χ0n) is 15.9. The van der Waals surface area contributed by atoms with E-state index in [0.717, 1.165) is 11.3 Å². The maximum absolute atomic E-state index is 13.4. The van der Waals surface area contributed by atoms with Crippen molar-refractivity contribution in [2.24, 2.45) is 0 Å². The van der Waals surface area contributed by atoms with Crippen molar-refractivity contribution in [1.29, 1.82) is 0 Å². The monoisotopic (exact) mass is 386 g/mol. The number of pyridine rings is 1. The van der Waals surface area contributed by atoms with Gasteiger partial charge in [0.15, 0.2) is 11.5 Å². The minimum atomic E-state index is -0.499. The van der Waals surface area contributed by atoms with Gasteiger partial charge >= 0.3 is 6.03 Å². The van der Waals surface area contributed by atoms with Gasteiger partial charge in [-0.1, -0.05) is 12.1 Å². The molecule has 2 amide bonds. The van der Waals surface area contributed by atoms with E-state index in [1.807, 2.05) is 36.9 Å². The first kappa shape index (κ1) is 18.3. The number of anilines is 1. The Balaban J connectivity index is 1.40. The molecule has 2 atom stereocenters. The van der Waals surface area contributed by atoms with Gasteiger partial charge in [-0.15, -0.1) is 0 Å². The van der Waals surface area contributed by atoms with Crippen LogP contribution in [0.1, 0.15) is 25.5 Å². The van der Waals surface area contributed by atoms with E-state index < -0.39 is 5.95 Å². The lowest BCUT2D eigenvalue weighted by molar-refractivity contribution is 0.167. The number of carbonyl (C=O) groups is 1. The average Bonchev–Trinajstić information content (AvgIpc) is 3.16. The molecule has 0 saturated carbocycles. The fourth-order valence-electron chi connectivity index (χ4n) is 3.72. The lowest BCUT2D eigenvalue weighted by Gasteiger charge is -2.41. The number of hydrogen-bond donors (Lipinski definition) is 1. The van der Waals surface area contributed by atoms with Crippen molar-refractivity contribution in [3.63, 3.8) is 0 Å². The number of amides is 2. The zero-order valence-corrected chi connectivity index (χ0v) is 15.9. The number of para-hydroxylation sites is 1. The fraction of sp³-hybridized carbons (Fsp3) is 0.400. The number of nitrogens with one attached hydrogen (secondary N) is 1. The number of benzene rings is 1. The van der Waals surface area contributed by atoms with Gasteiger partial charge < -0.3 is 24.6 Å². The maximum atomic E-state index is 13.4. The third-order valence-electron chi connectivity index (χ3n) is 5.20. The normalized spacial score (nSPS) is 19.5. The summed E-state index contributed by atoms with van der Waals surface area (Å²) in [6.07, 6.45) is 1.46. The summed E-state index contributed by atoms with van der Waals surface area (Å²) in [6.45, 7) is 5.93. The molecule has 0 radical (unpaired) electrons. The number of nitrogens with zero attached hydrogens (tertiary/aromatic N) is 3. The van der Waals surface area contributed by atoms with Gasteiger partial charge in [0.1, 0.15) is 0 Å². The van der Waals surface area contributed by atoms with Gasteiger partial charge in [-0.05, 0) is 26.0 Å². The molecule has 3 heterocycles. The van der Waals surface area contributed by atoms with Gasteiger partial charge in [0, 0.05) is 49.2 Å². The minimum Gasteiger partial charge on any atom is -0.454 e. The van der Waals surface area contributed by atoms with Crippen LogP contribution in [-0.2, 0) is 0 Å². The van der Waals surface area contributed by atoms with Crippen LogP contribution in [0, 0.1) is 5.95 Å². The molecule has 28 heavy (non-hydrogen) atoms. The van der Waals surface area contributed by atoms with Gasteiger partial charge in [-0.25, -0.2) is 9.78 Å². The molecule has 1 saturated heterocycles. The summed E-state index contributed by atoms with van der Waals surface area (Å²) in [4.78, 5) is 20.3. The molecule has 4 rings (SSSR count). The predicted molar refractivity (Wildman–Crippen MR) is 102 cm³/mol. The molecule has 1 aromatic carbocycles. The highest BCUT2D eigenvalue weighted by Gasteiger charge is 2.29. The molecule has 148 valence electrons. The Hall–Kier alpha value is -3.03. The Kier molecular flexibility index (Phi) is 4.93. The van der Waals surface area contributed by atoms with Crippen molar-refractivity contribution >= 4 is 11.7 Å². The number of halogens is 1. The molecule has 0 aliphatic carbocycles. The molecule has 1 fully saturated rings. The Labute approximate surface area is 163 Å². The highest BCUT2D eigenvalue weighted by molar-refractivity contribution is 5.76. The zero-order chi connectivity index (χ0) is 19.7. The van der Waals surface area contributed by atoms with Crippen molar-refractivity contribution in [2.75, 3.05) is 31.3 Å². The third kappa shape index (κ3) is 3.54. The standard InChI is InChI=1S/C20H23FN4O3/c1-13-11-24(15-6-7-22-18(21)10-15)8-9-25(13)20(26)23-14(2)16-4-3-5-17-19(16)28-12-27-17/h3-7,10,13-14H,8-9,11-12H2,1-2H3,(H,23,26)/t13?,14-/m1/s1. The van der Waals surface area contributed by atoms with Crippen LogP contribution in [-0.4, -0.2) is 48.4 Å². The Morgan fingerprint density at radius 1 is 1.32 bits per heavy atom. The average molecular weight is 386 g/mol. The minimum absolute atomic E-state index is 0.0155. The second kappa shape index (κ2) is 7.53. The summed E-state index contributed by atoms with van der Waals surface area (Å²) in [5.74, 6) is 0.888. The molecule has 1 unspecified atom stereocenters. The highest BCUT2D eigenvalue weighted by Crippen LogP contribution is 2.38. The van der Waals surface area contributed by atoms with E-state index >= 15 is 0 Å². The molecular weight excluding hydrogens is 363 g/mol. The van der Waals surface area contributed by atoms with Crippen LogP contribution in [0.3, 0.4) is 0 Å². The second-order valence-electron chi connectivity index (χ2n) is 7.08. The number of aromatic nitrogens is 1. The van der Waals surface area contributed by atoms with E-state index in [4.69, 9.17) is 9.47 Å². The number of hydrogen-bond acceptors (Lipinski definition) is 5. The Bertz CT molecular complexity index is 878. The van der Waals surface area contributed by atoms with Gasteiger partial charge in [-0.3, -0.25) is 0 Å². The number of carbonyl (C=O) groups excluding carboxylic acids is 1. The number of fused-ring (bicyclic) bond motifs is 1. The number of urea groups is 1. The summed E-state index contributed by atoms with van der Waals surface area (Å²) < 4.78 is 24.3. The molecule has 8 heteroatoms. The van der Waals surface area contributed by atoms with Crippen LogP contribution in [0.4, 0.5) is 14.9 Å².